The summed E-state index contributed by atoms with van der Waals surface area (Å²) in [6.07, 6.45) is 1.65. The first-order valence-corrected chi connectivity index (χ1v) is 13.5. The molecule has 4 aliphatic rings. The van der Waals surface area contributed by atoms with Crippen molar-refractivity contribution in [2.75, 3.05) is 20.2 Å². The van der Waals surface area contributed by atoms with E-state index in [2.05, 4.69) is 10.2 Å². The fourth-order valence-corrected chi connectivity index (χ4v) is 6.85. The van der Waals surface area contributed by atoms with Crippen molar-refractivity contribution in [3.63, 3.8) is 0 Å². The Balaban J connectivity index is 1.36. The summed E-state index contributed by atoms with van der Waals surface area (Å²) in [5.41, 5.74) is -0.322. The van der Waals surface area contributed by atoms with Crippen LogP contribution in [-0.2, 0) is 35.7 Å². The van der Waals surface area contributed by atoms with E-state index in [4.69, 9.17) is 19.3 Å². The van der Waals surface area contributed by atoms with Gasteiger partial charge in [-0.1, -0.05) is 19.4 Å². The Bertz CT molecular complexity index is 1220. The smallest absolute Gasteiger partial charge is 0.352 e. The molecule has 1 fully saturated rings. The number of aliphatic hydroxyl groups excluding tert-OH is 1. The van der Waals surface area contributed by atoms with E-state index in [-0.39, 0.29) is 37.0 Å². The van der Waals surface area contributed by atoms with Crippen LogP contribution in [0.3, 0.4) is 0 Å². The molecule has 11 nitrogen and oxygen atoms in total. The molecule has 0 radical (unpaired) electrons. The molecule has 0 aromatic heterocycles. The Labute approximate surface area is 226 Å². The molecule has 1 saturated heterocycles. The molecule has 1 amide bonds. The van der Waals surface area contributed by atoms with Crippen LogP contribution in [0.25, 0.3) is 0 Å². The number of aromatic hydroxyl groups is 1. The average molecular weight is 545 g/mol. The Morgan fingerprint density at radius 1 is 1.28 bits per heavy atom. The second-order valence-electron chi connectivity index (χ2n) is 11.0. The van der Waals surface area contributed by atoms with Gasteiger partial charge in [0.05, 0.1) is 17.6 Å². The van der Waals surface area contributed by atoms with Crippen molar-refractivity contribution in [1.29, 1.82) is 0 Å². The molecule has 5 rings (SSSR count). The molecule has 1 aromatic rings. The molecule has 4 N–H and O–H groups in total. The van der Waals surface area contributed by atoms with Gasteiger partial charge in [0.25, 0.3) is 0 Å². The lowest BCUT2D eigenvalue weighted by Crippen LogP contribution is -2.74. The van der Waals surface area contributed by atoms with E-state index in [1.54, 1.807) is 12.1 Å². The van der Waals surface area contributed by atoms with Gasteiger partial charge < -0.3 is 39.7 Å². The number of hydrogen-bond acceptors (Lipinski definition) is 10. The second-order valence-corrected chi connectivity index (χ2v) is 11.0. The number of esters is 2. The third kappa shape index (κ3) is 4.18. The third-order valence-corrected chi connectivity index (χ3v) is 8.73. The quantitative estimate of drug-likeness (QED) is 0.328. The van der Waals surface area contributed by atoms with E-state index in [9.17, 15) is 24.6 Å². The lowest BCUT2D eigenvalue weighted by Gasteiger charge is -2.61. The molecule has 212 valence electrons. The van der Waals surface area contributed by atoms with Crippen LogP contribution >= 0.6 is 0 Å². The van der Waals surface area contributed by atoms with E-state index < -0.39 is 47.1 Å². The minimum absolute atomic E-state index is 0.0320. The number of benzene rings is 1. The molecule has 0 saturated carbocycles. The lowest BCUT2D eigenvalue weighted by molar-refractivity contribution is -0.176. The standard InChI is InChI=1S/C28H36N2O9/c1-4-5-17(29-21(33)9-13-31)26(35)37-15(2)25(34)38-19-8-10-28(36)20-14-16-6-7-18(32)23-22(16)27(28,24(19)39-23)11-12-30(20)3/h6-8,15,17,20,24,31-32,36H,4-5,9-14H2,1-3H3,(H,29,33)/t15-,17-,20+,24?,27?,28+/m0/s1. The van der Waals surface area contributed by atoms with E-state index >= 15 is 0 Å². The number of carbonyl (C=O) groups is 3. The van der Waals surface area contributed by atoms with Crippen molar-refractivity contribution in [3.05, 3.63) is 35.1 Å². The number of phenols is 1. The van der Waals surface area contributed by atoms with Gasteiger partial charge in [-0.3, -0.25) is 4.79 Å². The van der Waals surface area contributed by atoms with Gasteiger partial charge in [-0.25, -0.2) is 9.59 Å². The van der Waals surface area contributed by atoms with E-state index in [1.165, 1.54) is 6.92 Å². The number of amides is 1. The average Bonchev–Trinajstić information content (AvgIpc) is 3.25. The molecule has 2 aliphatic carbocycles. The van der Waals surface area contributed by atoms with Gasteiger partial charge in [-0.15, -0.1) is 0 Å². The predicted molar refractivity (Wildman–Crippen MR) is 137 cm³/mol. The minimum atomic E-state index is -1.28. The highest BCUT2D eigenvalue weighted by Crippen LogP contribution is 2.65. The number of rotatable bonds is 9. The Hall–Kier alpha value is -3.15. The van der Waals surface area contributed by atoms with Gasteiger partial charge in [0.1, 0.15) is 11.8 Å². The van der Waals surface area contributed by atoms with Crippen molar-refractivity contribution >= 4 is 17.8 Å². The molecular formula is C28H36N2O9. The zero-order valence-electron chi connectivity index (χ0n) is 22.4. The molecule has 39 heavy (non-hydrogen) atoms. The van der Waals surface area contributed by atoms with Gasteiger partial charge in [-0.2, -0.15) is 0 Å². The highest BCUT2D eigenvalue weighted by atomic mass is 16.6. The van der Waals surface area contributed by atoms with Crippen molar-refractivity contribution < 1.29 is 43.9 Å². The zero-order valence-corrected chi connectivity index (χ0v) is 22.4. The first kappa shape index (κ1) is 27.4. The number of nitrogens with zero attached hydrogens (tertiary/aromatic N) is 1. The molecule has 6 atom stereocenters. The third-order valence-electron chi connectivity index (χ3n) is 8.73. The van der Waals surface area contributed by atoms with Crippen molar-refractivity contribution in [2.24, 2.45) is 0 Å². The van der Waals surface area contributed by atoms with Crippen LogP contribution in [0.5, 0.6) is 11.5 Å². The monoisotopic (exact) mass is 544 g/mol. The number of carbonyl (C=O) groups excluding carboxylic acids is 3. The van der Waals surface area contributed by atoms with Crippen molar-refractivity contribution in [2.45, 2.75) is 87.7 Å². The topological polar surface area (TPSA) is 155 Å². The van der Waals surface area contributed by atoms with E-state index in [0.29, 0.717) is 38.0 Å². The SMILES string of the molecule is CCC[C@H](NC(=O)CCO)C(=O)O[C@@H](C)C(=O)OC1=CC[C@@]2(O)[C@H]3Cc4ccc(O)c5c4C2(CCN3C)C1O5. The number of piperidine rings is 1. The Kier molecular flexibility index (Phi) is 7.11. The number of phenolic OH excluding ortho intramolecular Hbond substituents is 1. The minimum Gasteiger partial charge on any atom is -0.504 e. The van der Waals surface area contributed by atoms with Crippen LogP contribution in [-0.4, -0.2) is 88.2 Å². The Morgan fingerprint density at radius 3 is 2.77 bits per heavy atom. The van der Waals surface area contributed by atoms with E-state index in [1.807, 2.05) is 20.0 Å². The predicted octanol–water partition coefficient (Wildman–Crippen LogP) is 0.812. The second kappa shape index (κ2) is 10.1. The van der Waals surface area contributed by atoms with Crippen LogP contribution in [0.15, 0.2) is 24.0 Å². The van der Waals surface area contributed by atoms with Crippen LogP contribution in [0.4, 0.5) is 0 Å². The normalized spacial score (nSPS) is 29.8. The summed E-state index contributed by atoms with van der Waals surface area (Å²) in [5.74, 6) is -1.61. The highest BCUT2D eigenvalue weighted by Gasteiger charge is 2.72. The first-order chi connectivity index (χ1) is 18.6. The molecule has 1 spiro atoms. The maximum absolute atomic E-state index is 13.1. The summed E-state index contributed by atoms with van der Waals surface area (Å²) >= 11 is 0. The number of likely N-dealkylation sites (tertiary alicyclic amines) is 1. The van der Waals surface area contributed by atoms with Crippen LogP contribution in [0, 0.1) is 0 Å². The summed E-state index contributed by atoms with van der Waals surface area (Å²) < 4.78 is 17.4. The lowest BCUT2D eigenvalue weighted by atomic mass is 9.50. The summed E-state index contributed by atoms with van der Waals surface area (Å²) in [6.45, 7) is 3.57. The van der Waals surface area contributed by atoms with Crippen LogP contribution in [0.1, 0.15) is 57.1 Å². The van der Waals surface area contributed by atoms with Gasteiger partial charge >= 0.3 is 11.9 Å². The van der Waals surface area contributed by atoms with Crippen LogP contribution in [0.2, 0.25) is 0 Å². The maximum atomic E-state index is 13.1. The molecule has 2 heterocycles. The highest BCUT2D eigenvalue weighted by molar-refractivity contribution is 5.86. The molecular weight excluding hydrogens is 508 g/mol. The van der Waals surface area contributed by atoms with Crippen molar-refractivity contribution in [3.8, 4) is 11.5 Å². The molecule has 2 unspecified atom stereocenters. The largest absolute Gasteiger partial charge is 0.504 e. The van der Waals surface area contributed by atoms with Gasteiger partial charge in [0.2, 0.25) is 5.91 Å². The number of hydrogen-bond donors (Lipinski definition) is 4. The number of aliphatic hydroxyl groups is 2. The fourth-order valence-electron chi connectivity index (χ4n) is 6.85. The molecule has 2 bridgehead atoms. The Morgan fingerprint density at radius 2 is 2.05 bits per heavy atom. The van der Waals surface area contributed by atoms with Crippen LogP contribution < -0.4 is 10.1 Å². The van der Waals surface area contributed by atoms with Gasteiger partial charge in [0.15, 0.2) is 23.7 Å². The summed E-state index contributed by atoms with van der Waals surface area (Å²) in [5, 5.41) is 34.3. The molecule has 11 heteroatoms. The number of nitrogens with one attached hydrogen (secondary N) is 1. The zero-order chi connectivity index (χ0) is 28.1. The van der Waals surface area contributed by atoms with Crippen molar-refractivity contribution in [1.82, 2.24) is 10.2 Å². The van der Waals surface area contributed by atoms with E-state index in [0.717, 1.165) is 11.1 Å². The summed E-state index contributed by atoms with van der Waals surface area (Å²) in [6, 6.07) is 2.32. The number of ether oxygens (including phenoxy) is 3. The summed E-state index contributed by atoms with van der Waals surface area (Å²) in [4.78, 5) is 39.9. The number of likely N-dealkylation sites (N-methyl/N-ethyl adjacent to an activating group) is 1. The first-order valence-electron chi connectivity index (χ1n) is 13.5. The molecule has 1 aromatic carbocycles. The molecule has 2 aliphatic heterocycles. The fraction of sp³-hybridized carbons (Fsp3) is 0.607. The van der Waals surface area contributed by atoms with Gasteiger partial charge in [0, 0.05) is 24.4 Å². The summed E-state index contributed by atoms with van der Waals surface area (Å²) in [7, 11) is 1.99. The van der Waals surface area contributed by atoms with Gasteiger partial charge in [-0.05, 0) is 57.5 Å². The maximum Gasteiger partial charge on any atom is 0.352 e.